The van der Waals surface area contributed by atoms with E-state index in [9.17, 15) is 0 Å². The summed E-state index contributed by atoms with van der Waals surface area (Å²) in [6.07, 6.45) is 0. The zero-order valence-electron chi connectivity index (χ0n) is 51.7. The van der Waals surface area contributed by atoms with Crippen LogP contribution in [0.3, 0.4) is 0 Å². The van der Waals surface area contributed by atoms with E-state index >= 15 is 0 Å². The van der Waals surface area contributed by atoms with E-state index in [1.165, 1.54) is 132 Å². The van der Waals surface area contributed by atoms with Crippen LogP contribution in [0.5, 0.6) is 0 Å². The van der Waals surface area contributed by atoms with Crippen LogP contribution < -0.4 is 9.80 Å². The van der Waals surface area contributed by atoms with Crippen molar-refractivity contribution in [3.63, 3.8) is 0 Å². The van der Waals surface area contributed by atoms with Gasteiger partial charge in [-0.2, -0.15) is 0 Å². The van der Waals surface area contributed by atoms with Crippen LogP contribution in [0.2, 0.25) is 0 Å². The van der Waals surface area contributed by atoms with Gasteiger partial charge in [0.15, 0.2) is 0 Å². The van der Waals surface area contributed by atoms with Crippen molar-refractivity contribution in [3.8, 4) is 22.3 Å². The first-order chi connectivity index (χ1) is 41.4. The van der Waals surface area contributed by atoms with Crippen molar-refractivity contribution in [2.45, 2.75) is 106 Å². The van der Waals surface area contributed by atoms with Crippen LogP contribution >= 0.6 is 0 Å². The molecular formula is C82H74N4. The highest BCUT2D eigenvalue weighted by molar-refractivity contribution is 6.32. The maximum Gasteiger partial charge on any atom is 0.0641 e. The van der Waals surface area contributed by atoms with E-state index in [0.717, 1.165) is 34.1 Å². The molecule has 0 N–H and O–H groups in total. The van der Waals surface area contributed by atoms with E-state index in [0.29, 0.717) is 11.8 Å². The third-order valence-corrected chi connectivity index (χ3v) is 18.7. The van der Waals surface area contributed by atoms with E-state index in [4.69, 9.17) is 0 Å². The molecule has 422 valence electrons. The third-order valence-electron chi connectivity index (χ3n) is 18.7. The molecule has 15 rings (SSSR count). The Labute approximate surface area is 505 Å². The molecule has 0 bridgehead atoms. The Morgan fingerprint density at radius 1 is 0.326 bits per heavy atom. The quantitative estimate of drug-likeness (QED) is 0.136. The van der Waals surface area contributed by atoms with Gasteiger partial charge in [-0.05, 0) is 155 Å². The molecule has 4 aromatic heterocycles. The molecular weight excluding hydrogens is 1040 g/mol. The molecule has 0 saturated carbocycles. The molecule has 4 heteroatoms. The summed E-state index contributed by atoms with van der Waals surface area (Å²) < 4.78 is 5.16. The summed E-state index contributed by atoms with van der Waals surface area (Å²) in [7, 11) is 0. The number of rotatable bonds is 10. The monoisotopic (exact) mass is 1110 g/mol. The van der Waals surface area contributed by atoms with Crippen LogP contribution in [-0.2, 0) is 10.8 Å². The normalized spacial score (nSPS) is 12.6. The summed E-state index contributed by atoms with van der Waals surface area (Å²) in [6.45, 7) is 27.4. The van der Waals surface area contributed by atoms with Gasteiger partial charge in [0.05, 0.1) is 55.8 Å². The molecule has 86 heavy (non-hydrogen) atoms. The highest BCUT2D eigenvalue weighted by Gasteiger charge is 2.30. The van der Waals surface area contributed by atoms with Crippen LogP contribution in [0.25, 0.3) is 98.4 Å². The predicted molar refractivity (Wildman–Crippen MR) is 371 cm³/mol. The molecule has 0 amide bonds. The lowest BCUT2D eigenvalue weighted by Crippen LogP contribution is -2.14. The molecule has 0 spiro atoms. The minimum absolute atomic E-state index is 0.00885. The predicted octanol–water partition coefficient (Wildman–Crippen LogP) is 23.7. The number of fused-ring (bicyclic) bond motifs is 12. The lowest BCUT2D eigenvalue weighted by Gasteiger charge is -2.30. The SMILES string of the molecule is Cc1cccc(-c2cc(C(C)C)ccc2N(c2ccc(C(C)(C)C)cc2)c2ccc3c4cc5c(cc4n4c6ccccc6c2c34)c2ccc(N(c3ccc(C(C)(C)C)cc3)c3ccc(C(C)C)cc3-c3cccc(C)c3)c3c4ccccc4n5c23)c1. The number of nitrogens with zero attached hydrogens (tertiary/aromatic N) is 4. The summed E-state index contributed by atoms with van der Waals surface area (Å²) in [5.41, 5.74) is 26.9. The summed E-state index contributed by atoms with van der Waals surface area (Å²) in [6, 6.07) is 83.9. The van der Waals surface area contributed by atoms with E-state index < -0.39 is 0 Å². The maximum atomic E-state index is 2.58. The van der Waals surface area contributed by atoms with Gasteiger partial charge in [0.1, 0.15) is 0 Å². The van der Waals surface area contributed by atoms with E-state index in [1.807, 2.05) is 0 Å². The Balaban J connectivity index is 1.00. The van der Waals surface area contributed by atoms with Crippen molar-refractivity contribution in [2.75, 3.05) is 9.80 Å². The lowest BCUT2D eigenvalue weighted by atomic mass is 9.87. The van der Waals surface area contributed by atoms with E-state index in [1.54, 1.807) is 0 Å². The molecule has 11 aromatic carbocycles. The Morgan fingerprint density at radius 2 is 0.709 bits per heavy atom. The van der Waals surface area contributed by atoms with Crippen LogP contribution in [-0.4, -0.2) is 8.80 Å². The van der Waals surface area contributed by atoms with Gasteiger partial charge in [-0.3, -0.25) is 0 Å². The average Bonchev–Trinajstić information content (AvgIpc) is 1.56. The van der Waals surface area contributed by atoms with E-state index in [2.05, 4.69) is 320 Å². The zero-order chi connectivity index (χ0) is 59.2. The lowest BCUT2D eigenvalue weighted by molar-refractivity contribution is 0.590. The van der Waals surface area contributed by atoms with Gasteiger partial charge in [0.2, 0.25) is 0 Å². The van der Waals surface area contributed by atoms with Gasteiger partial charge in [-0.15, -0.1) is 0 Å². The van der Waals surface area contributed by atoms with Gasteiger partial charge in [-0.25, -0.2) is 0 Å². The van der Waals surface area contributed by atoms with Gasteiger partial charge in [0, 0.05) is 65.6 Å². The van der Waals surface area contributed by atoms with Crippen molar-refractivity contribution in [3.05, 3.63) is 252 Å². The van der Waals surface area contributed by atoms with E-state index in [-0.39, 0.29) is 10.8 Å². The summed E-state index contributed by atoms with van der Waals surface area (Å²) in [5.74, 6) is 0.743. The first-order valence-corrected chi connectivity index (χ1v) is 31.0. The number of benzene rings is 11. The topological polar surface area (TPSA) is 15.3 Å². The molecule has 0 unspecified atom stereocenters. The molecule has 0 aliphatic carbocycles. The minimum Gasteiger partial charge on any atom is -0.309 e. The highest BCUT2D eigenvalue weighted by Crippen LogP contribution is 2.53. The molecule has 4 nitrogen and oxygen atoms in total. The van der Waals surface area contributed by atoms with Crippen molar-refractivity contribution in [2.24, 2.45) is 0 Å². The molecule has 0 fully saturated rings. The van der Waals surface area contributed by atoms with Crippen molar-refractivity contribution >= 4 is 110 Å². The molecule has 0 radical (unpaired) electrons. The number of hydrogen-bond acceptors (Lipinski definition) is 2. The summed E-state index contributed by atoms with van der Waals surface area (Å²) in [4.78, 5) is 5.10. The Bertz CT molecular complexity index is 4820. The van der Waals surface area contributed by atoms with Crippen LogP contribution in [0.4, 0.5) is 34.1 Å². The van der Waals surface area contributed by atoms with Crippen LogP contribution in [0.15, 0.2) is 218 Å². The molecule has 15 aromatic rings. The number of aryl methyl sites for hydroxylation is 2. The molecule has 4 heterocycles. The fraction of sp³-hybridized carbons (Fsp3) is 0.195. The van der Waals surface area contributed by atoms with Gasteiger partial charge < -0.3 is 18.6 Å². The fourth-order valence-electron chi connectivity index (χ4n) is 14.2. The highest BCUT2D eigenvalue weighted by atomic mass is 15.2. The Morgan fingerprint density at radius 3 is 1.08 bits per heavy atom. The Kier molecular flexibility index (Phi) is 12.2. The number of anilines is 6. The fourth-order valence-corrected chi connectivity index (χ4v) is 14.2. The maximum absolute atomic E-state index is 2.58. The standard InChI is InChI=1S/C82H74N4/c1-49(2)53-27-39-71(65(45-53)55-21-17-19-51(5)43-55)83(59-33-29-57(30-34-59)81(7,8)9)73-41-37-61-67-47-76-68(48-75(67)85-69-25-15-13-23-63(69)77(73)79(61)85)62-38-42-74(78-64-24-14-16-26-70(64)86(76)80(62)78)84(60-35-31-58(32-36-60)82(10,11)12)72-40-28-54(50(3)4)46-66(72)56-22-18-20-52(6)44-56/h13-50H,1-12H3. The molecule has 0 aliphatic heterocycles. The smallest absolute Gasteiger partial charge is 0.0641 e. The van der Waals surface area contributed by atoms with Crippen molar-refractivity contribution in [1.29, 1.82) is 0 Å². The summed E-state index contributed by atoms with van der Waals surface area (Å²) >= 11 is 0. The largest absolute Gasteiger partial charge is 0.309 e. The third kappa shape index (κ3) is 8.31. The number of para-hydroxylation sites is 2. The second-order valence-corrected chi connectivity index (χ2v) is 27.2. The summed E-state index contributed by atoms with van der Waals surface area (Å²) in [5, 5.41) is 9.97. The van der Waals surface area contributed by atoms with Crippen LogP contribution in [0.1, 0.15) is 114 Å². The average molecular weight is 1120 g/mol. The second-order valence-electron chi connectivity index (χ2n) is 27.2. The van der Waals surface area contributed by atoms with Crippen molar-refractivity contribution < 1.29 is 0 Å². The second kappa shape index (κ2) is 19.6. The molecule has 0 atom stereocenters. The molecule has 0 saturated heterocycles. The first-order valence-electron chi connectivity index (χ1n) is 31.0. The number of aromatic nitrogens is 2. The minimum atomic E-state index is 0.00885. The van der Waals surface area contributed by atoms with Gasteiger partial charge in [0.25, 0.3) is 0 Å². The molecule has 0 aliphatic rings. The zero-order valence-corrected chi connectivity index (χ0v) is 51.7. The number of hydrogen-bond donors (Lipinski definition) is 0. The van der Waals surface area contributed by atoms with Gasteiger partial charge >= 0.3 is 0 Å². The van der Waals surface area contributed by atoms with Gasteiger partial charge in [-0.1, -0.05) is 214 Å². The first kappa shape index (κ1) is 53.4. The van der Waals surface area contributed by atoms with Crippen LogP contribution in [0, 0.1) is 13.8 Å². The van der Waals surface area contributed by atoms with Crippen molar-refractivity contribution in [1.82, 2.24) is 8.80 Å². The Hall–Kier alpha value is -9.38.